The summed E-state index contributed by atoms with van der Waals surface area (Å²) in [6.45, 7) is 0.491. The number of nitrogens with zero attached hydrogens (tertiary/aromatic N) is 1. The van der Waals surface area contributed by atoms with Gasteiger partial charge in [0.15, 0.2) is 4.77 Å². The summed E-state index contributed by atoms with van der Waals surface area (Å²) < 4.78 is 39.5. The molecule has 2 nitrogen and oxygen atoms in total. The van der Waals surface area contributed by atoms with E-state index in [0.29, 0.717) is 17.7 Å². The van der Waals surface area contributed by atoms with Crippen LogP contribution >= 0.6 is 28.1 Å². The first-order chi connectivity index (χ1) is 8.87. The highest BCUT2D eigenvalue weighted by atomic mass is 79.9. The molecule has 0 atom stereocenters. The second-order valence-corrected chi connectivity index (χ2v) is 5.62. The van der Waals surface area contributed by atoms with Gasteiger partial charge in [-0.2, -0.15) is 13.2 Å². The number of halogens is 4. The van der Waals surface area contributed by atoms with Gasteiger partial charge in [-0.05, 0) is 43.3 Å². The number of nitrogens with one attached hydrogen (secondary N) is 1. The molecule has 1 N–H and O–H groups in total. The summed E-state index contributed by atoms with van der Waals surface area (Å²) in [6, 6.07) is 5.69. The van der Waals surface area contributed by atoms with E-state index in [9.17, 15) is 13.2 Å². The zero-order valence-electron chi connectivity index (χ0n) is 9.93. The minimum atomic E-state index is -4.08. The van der Waals surface area contributed by atoms with Gasteiger partial charge in [-0.15, -0.1) is 0 Å². The Hall–Kier alpha value is -0.820. The smallest absolute Gasteiger partial charge is 0.331 e. The topological polar surface area (TPSA) is 20.7 Å². The lowest BCUT2D eigenvalue weighted by molar-refractivity contribution is -0.135. The van der Waals surface area contributed by atoms with E-state index in [1.54, 1.807) is 0 Å². The number of hydrogen-bond donors (Lipinski definition) is 1. The summed E-state index contributed by atoms with van der Waals surface area (Å²) in [4.78, 5) is 3.05. The Morgan fingerprint density at radius 2 is 2.00 bits per heavy atom. The molecule has 0 saturated carbocycles. The number of hydrogen-bond acceptors (Lipinski definition) is 1. The Kier molecular flexibility index (Phi) is 4.35. The number of aromatic amines is 1. The zero-order chi connectivity index (χ0) is 14.0. The highest BCUT2D eigenvalue weighted by Crippen LogP contribution is 2.24. The van der Waals surface area contributed by atoms with Gasteiger partial charge in [0.05, 0.1) is 11.0 Å². The number of rotatable bonds is 4. The number of alkyl halides is 3. The molecule has 0 unspecified atom stereocenters. The fourth-order valence-corrected chi connectivity index (χ4v) is 2.59. The summed E-state index contributed by atoms with van der Waals surface area (Å²) in [6.07, 6.45) is -4.25. The van der Waals surface area contributed by atoms with Gasteiger partial charge in [0.25, 0.3) is 0 Å². The highest BCUT2D eigenvalue weighted by molar-refractivity contribution is 9.10. The van der Waals surface area contributed by atoms with Crippen LogP contribution in [0.15, 0.2) is 22.7 Å². The lowest BCUT2D eigenvalue weighted by Gasteiger charge is -2.07. The molecule has 0 bridgehead atoms. The van der Waals surface area contributed by atoms with Crippen LogP contribution in [0.2, 0.25) is 0 Å². The van der Waals surface area contributed by atoms with Crippen LogP contribution in [0, 0.1) is 4.77 Å². The average Bonchev–Trinajstić information content (AvgIpc) is 2.59. The first kappa shape index (κ1) is 14.6. The van der Waals surface area contributed by atoms with Crippen LogP contribution in [-0.2, 0) is 6.54 Å². The molecule has 0 amide bonds. The van der Waals surface area contributed by atoms with Crippen molar-refractivity contribution < 1.29 is 13.2 Å². The largest absolute Gasteiger partial charge is 0.389 e. The molecule has 0 aliphatic rings. The second kappa shape index (κ2) is 5.66. The molecular formula is C12H12BrF3N2S. The lowest BCUT2D eigenvalue weighted by atomic mass is 10.2. The molecule has 0 aliphatic carbocycles. The maximum absolute atomic E-state index is 12.1. The van der Waals surface area contributed by atoms with E-state index in [-0.39, 0.29) is 6.42 Å². The number of unbranched alkanes of at least 4 members (excludes halogenated alkanes) is 1. The van der Waals surface area contributed by atoms with Gasteiger partial charge in [0.2, 0.25) is 0 Å². The van der Waals surface area contributed by atoms with Crippen molar-refractivity contribution in [1.82, 2.24) is 9.55 Å². The average molecular weight is 353 g/mol. The van der Waals surface area contributed by atoms with Crippen molar-refractivity contribution in [2.45, 2.75) is 32.0 Å². The molecule has 1 aromatic carbocycles. The molecule has 0 spiro atoms. The molecule has 2 rings (SSSR count). The maximum Gasteiger partial charge on any atom is 0.389 e. The predicted octanol–water partition coefficient (Wildman–Crippen LogP) is 5.19. The molecule has 7 heteroatoms. The number of fused-ring (bicyclic) bond motifs is 1. The molecule has 19 heavy (non-hydrogen) atoms. The van der Waals surface area contributed by atoms with Gasteiger partial charge in [-0.3, -0.25) is 0 Å². The van der Waals surface area contributed by atoms with Crippen molar-refractivity contribution in [3.05, 3.63) is 27.4 Å². The van der Waals surface area contributed by atoms with Gasteiger partial charge in [-0.1, -0.05) is 15.9 Å². The van der Waals surface area contributed by atoms with Crippen molar-refractivity contribution in [3.8, 4) is 0 Å². The Labute approximate surface area is 121 Å². The first-order valence-corrected chi connectivity index (χ1v) is 7.02. The van der Waals surface area contributed by atoms with Crippen LogP contribution in [0.25, 0.3) is 11.0 Å². The monoisotopic (exact) mass is 352 g/mol. The van der Waals surface area contributed by atoms with E-state index in [1.807, 2.05) is 22.8 Å². The molecular weight excluding hydrogens is 341 g/mol. The normalized spacial score (nSPS) is 12.2. The summed E-state index contributed by atoms with van der Waals surface area (Å²) in [5.74, 6) is 0. The van der Waals surface area contributed by atoms with E-state index in [2.05, 4.69) is 20.9 Å². The number of benzene rings is 1. The van der Waals surface area contributed by atoms with Crippen LogP contribution in [0.1, 0.15) is 19.3 Å². The minimum absolute atomic E-state index is 0.117. The fourth-order valence-electron chi connectivity index (χ4n) is 1.94. The fraction of sp³-hybridized carbons (Fsp3) is 0.417. The predicted molar refractivity (Wildman–Crippen MR) is 74.7 cm³/mol. The van der Waals surface area contributed by atoms with Crippen LogP contribution in [-0.4, -0.2) is 15.7 Å². The zero-order valence-corrected chi connectivity index (χ0v) is 12.3. The van der Waals surface area contributed by atoms with E-state index in [4.69, 9.17) is 12.2 Å². The van der Waals surface area contributed by atoms with E-state index >= 15 is 0 Å². The standard InChI is InChI=1S/C12H12BrF3N2S/c13-8-3-4-9-10(7-8)18(11(19)17-9)6-2-1-5-12(14,15)16/h3-4,7H,1-2,5-6H2,(H,17,19). The molecule has 104 valence electrons. The van der Waals surface area contributed by atoms with Crippen molar-refractivity contribution >= 4 is 39.2 Å². The Morgan fingerprint density at radius 3 is 2.68 bits per heavy atom. The number of imidazole rings is 1. The summed E-state index contributed by atoms with van der Waals surface area (Å²) >= 11 is 8.56. The number of H-pyrrole nitrogens is 1. The quantitative estimate of drug-likeness (QED) is 0.592. The first-order valence-electron chi connectivity index (χ1n) is 5.82. The molecule has 2 aromatic rings. The van der Waals surface area contributed by atoms with Crippen molar-refractivity contribution in [2.75, 3.05) is 0 Å². The molecule has 1 heterocycles. The molecule has 1 aromatic heterocycles. The van der Waals surface area contributed by atoms with Gasteiger partial charge in [-0.25, -0.2) is 0 Å². The van der Waals surface area contributed by atoms with E-state index < -0.39 is 12.6 Å². The number of aryl methyl sites for hydroxylation is 1. The van der Waals surface area contributed by atoms with Crippen molar-refractivity contribution in [2.24, 2.45) is 0 Å². The molecule has 0 fully saturated rings. The Bertz CT molecular complexity index is 630. The van der Waals surface area contributed by atoms with Crippen LogP contribution in [0.4, 0.5) is 13.2 Å². The molecule has 0 radical (unpaired) electrons. The second-order valence-electron chi connectivity index (χ2n) is 4.32. The highest BCUT2D eigenvalue weighted by Gasteiger charge is 2.25. The van der Waals surface area contributed by atoms with Crippen LogP contribution in [0.5, 0.6) is 0 Å². The Morgan fingerprint density at radius 1 is 1.26 bits per heavy atom. The van der Waals surface area contributed by atoms with Crippen molar-refractivity contribution in [1.29, 1.82) is 0 Å². The lowest BCUT2D eigenvalue weighted by Crippen LogP contribution is -2.07. The third-order valence-electron chi connectivity index (χ3n) is 2.83. The van der Waals surface area contributed by atoms with Crippen LogP contribution in [0.3, 0.4) is 0 Å². The molecule has 0 aliphatic heterocycles. The van der Waals surface area contributed by atoms with Crippen molar-refractivity contribution in [3.63, 3.8) is 0 Å². The van der Waals surface area contributed by atoms with Gasteiger partial charge >= 0.3 is 6.18 Å². The summed E-state index contributed by atoms with van der Waals surface area (Å²) in [7, 11) is 0. The summed E-state index contributed by atoms with van der Waals surface area (Å²) in [5.41, 5.74) is 1.80. The number of aromatic nitrogens is 2. The van der Waals surface area contributed by atoms with E-state index in [1.165, 1.54) is 0 Å². The van der Waals surface area contributed by atoms with Crippen LogP contribution < -0.4 is 0 Å². The minimum Gasteiger partial charge on any atom is -0.331 e. The third kappa shape index (κ3) is 3.82. The Balaban J connectivity index is 2.10. The van der Waals surface area contributed by atoms with Gasteiger partial charge in [0.1, 0.15) is 0 Å². The SMILES string of the molecule is FC(F)(F)CCCCn1c(=S)[nH]c2ccc(Br)cc21. The van der Waals surface area contributed by atoms with E-state index in [0.717, 1.165) is 15.5 Å². The third-order valence-corrected chi connectivity index (χ3v) is 3.64. The van der Waals surface area contributed by atoms with Gasteiger partial charge < -0.3 is 9.55 Å². The molecule has 0 saturated heterocycles. The maximum atomic E-state index is 12.1. The summed E-state index contributed by atoms with van der Waals surface area (Å²) in [5, 5.41) is 0. The van der Waals surface area contributed by atoms with Gasteiger partial charge in [0, 0.05) is 17.4 Å².